The lowest BCUT2D eigenvalue weighted by molar-refractivity contribution is -0.121. The number of amides is 3. The van der Waals surface area contributed by atoms with E-state index in [-0.39, 0.29) is 17.9 Å². The number of aromatic hydroxyl groups is 2. The smallest absolute Gasteiger partial charge is 0.293 e. The number of thioether (sulfide) groups is 1. The van der Waals surface area contributed by atoms with Gasteiger partial charge >= 0.3 is 0 Å². The number of carbonyl (C=O) groups excluding carboxylic acids is 3. The van der Waals surface area contributed by atoms with Gasteiger partial charge in [-0.3, -0.25) is 14.4 Å². The number of rotatable bonds is 4. The van der Waals surface area contributed by atoms with Gasteiger partial charge in [-0.25, -0.2) is 4.90 Å². The summed E-state index contributed by atoms with van der Waals surface area (Å²) in [5, 5.41) is 20.1. The van der Waals surface area contributed by atoms with E-state index in [0.29, 0.717) is 16.9 Å². The molecule has 26 heavy (non-hydrogen) atoms. The summed E-state index contributed by atoms with van der Waals surface area (Å²) in [6, 6.07) is 10.2. The number of imide groups is 1. The van der Waals surface area contributed by atoms with E-state index in [0.717, 1.165) is 16.7 Å². The molecule has 1 heterocycles. The fourth-order valence-corrected chi connectivity index (χ4v) is 3.56. The van der Waals surface area contributed by atoms with Crippen molar-refractivity contribution in [2.24, 2.45) is 0 Å². The predicted octanol–water partition coefficient (Wildman–Crippen LogP) is 3.00. The number of nitrogens with zero attached hydrogens (tertiary/aromatic N) is 1. The number of hydrogen-bond acceptors (Lipinski definition) is 6. The highest BCUT2D eigenvalue weighted by molar-refractivity contribution is 8.15. The molecule has 0 saturated carbocycles. The zero-order chi connectivity index (χ0) is 18.8. The van der Waals surface area contributed by atoms with Crippen molar-refractivity contribution in [1.82, 2.24) is 0 Å². The molecule has 2 aromatic rings. The maximum atomic E-state index is 12.5. The molecule has 8 heteroatoms. The SMILES string of the molecule is Cc1cc(O)ccc1NC(=O)CC1SC(=O)N(c2ccc(O)cc2)C1=O. The fourth-order valence-electron chi connectivity index (χ4n) is 2.58. The summed E-state index contributed by atoms with van der Waals surface area (Å²) < 4.78 is 0. The predicted molar refractivity (Wildman–Crippen MR) is 98.5 cm³/mol. The summed E-state index contributed by atoms with van der Waals surface area (Å²) >= 11 is 0.800. The Kier molecular flexibility index (Phi) is 4.85. The summed E-state index contributed by atoms with van der Waals surface area (Å²) in [7, 11) is 0. The number of benzene rings is 2. The van der Waals surface area contributed by atoms with Crippen molar-refractivity contribution < 1.29 is 24.6 Å². The Morgan fingerprint density at radius 2 is 1.77 bits per heavy atom. The Morgan fingerprint density at radius 3 is 2.42 bits per heavy atom. The Balaban J connectivity index is 1.68. The molecule has 134 valence electrons. The van der Waals surface area contributed by atoms with E-state index in [2.05, 4.69) is 5.32 Å². The zero-order valence-corrected chi connectivity index (χ0v) is 14.6. The monoisotopic (exact) mass is 372 g/mol. The lowest BCUT2D eigenvalue weighted by atomic mass is 10.1. The summed E-state index contributed by atoms with van der Waals surface area (Å²) in [5.41, 5.74) is 1.57. The van der Waals surface area contributed by atoms with Crippen LogP contribution in [-0.4, -0.2) is 32.5 Å². The van der Waals surface area contributed by atoms with Crippen LogP contribution in [0.25, 0.3) is 0 Å². The number of anilines is 2. The molecule has 0 aromatic heterocycles. The van der Waals surface area contributed by atoms with Crippen LogP contribution in [0.5, 0.6) is 11.5 Å². The summed E-state index contributed by atoms with van der Waals surface area (Å²) in [6.45, 7) is 1.74. The van der Waals surface area contributed by atoms with Gasteiger partial charge in [0.1, 0.15) is 16.7 Å². The summed E-state index contributed by atoms with van der Waals surface area (Å²) in [6.07, 6.45) is -0.149. The highest BCUT2D eigenvalue weighted by atomic mass is 32.2. The highest BCUT2D eigenvalue weighted by Gasteiger charge is 2.41. The van der Waals surface area contributed by atoms with Crippen molar-refractivity contribution in [1.29, 1.82) is 0 Å². The molecule has 0 bridgehead atoms. The first-order chi connectivity index (χ1) is 12.3. The first kappa shape index (κ1) is 17.8. The van der Waals surface area contributed by atoms with Crippen LogP contribution in [0.1, 0.15) is 12.0 Å². The lowest BCUT2D eigenvalue weighted by Crippen LogP contribution is -2.32. The Bertz CT molecular complexity index is 882. The van der Waals surface area contributed by atoms with Gasteiger partial charge in [0.25, 0.3) is 5.24 Å². The topological polar surface area (TPSA) is 107 Å². The molecule has 1 fully saturated rings. The third-order valence-corrected chi connectivity index (χ3v) is 4.92. The average Bonchev–Trinajstić information content (AvgIpc) is 2.85. The van der Waals surface area contributed by atoms with Crippen molar-refractivity contribution in [3.8, 4) is 11.5 Å². The molecule has 1 atom stereocenters. The Labute approximate surface area is 153 Å². The van der Waals surface area contributed by atoms with Crippen LogP contribution < -0.4 is 10.2 Å². The van der Waals surface area contributed by atoms with E-state index in [4.69, 9.17) is 0 Å². The second-order valence-corrected chi connectivity index (χ2v) is 6.97. The molecule has 1 aliphatic rings. The number of nitrogens with one attached hydrogen (secondary N) is 1. The van der Waals surface area contributed by atoms with Crippen LogP contribution in [0, 0.1) is 6.92 Å². The maximum Gasteiger partial charge on any atom is 0.293 e. The van der Waals surface area contributed by atoms with Crippen LogP contribution in [0.4, 0.5) is 16.2 Å². The number of carbonyl (C=O) groups is 3. The van der Waals surface area contributed by atoms with Crippen molar-refractivity contribution in [3.63, 3.8) is 0 Å². The third kappa shape index (κ3) is 3.65. The third-order valence-electron chi connectivity index (χ3n) is 3.88. The Hall–Kier alpha value is -3.00. The average molecular weight is 372 g/mol. The molecule has 1 aliphatic heterocycles. The number of phenols is 2. The van der Waals surface area contributed by atoms with Gasteiger partial charge in [-0.1, -0.05) is 0 Å². The molecule has 7 nitrogen and oxygen atoms in total. The largest absolute Gasteiger partial charge is 0.508 e. The van der Waals surface area contributed by atoms with Crippen molar-refractivity contribution in [2.45, 2.75) is 18.6 Å². The van der Waals surface area contributed by atoms with E-state index in [1.165, 1.54) is 36.4 Å². The van der Waals surface area contributed by atoms with Gasteiger partial charge < -0.3 is 15.5 Å². The van der Waals surface area contributed by atoms with Gasteiger partial charge in [0, 0.05) is 12.1 Å². The second-order valence-electron chi connectivity index (χ2n) is 5.81. The molecule has 3 N–H and O–H groups in total. The number of hydrogen-bond donors (Lipinski definition) is 3. The van der Waals surface area contributed by atoms with Gasteiger partial charge in [-0.2, -0.15) is 0 Å². The maximum absolute atomic E-state index is 12.5. The van der Waals surface area contributed by atoms with Crippen LogP contribution >= 0.6 is 11.8 Å². The lowest BCUT2D eigenvalue weighted by Gasteiger charge is -2.14. The molecule has 0 aliphatic carbocycles. The normalized spacial score (nSPS) is 16.8. The molecule has 0 spiro atoms. The molecule has 3 amide bonds. The van der Waals surface area contributed by atoms with E-state index >= 15 is 0 Å². The summed E-state index contributed by atoms with van der Waals surface area (Å²) in [4.78, 5) is 37.9. The quantitative estimate of drug-likeness (QED) is 0.712. The zero-order valence-electron chi connectivity index (χ0n) is 13.8. The van der Waals surface area contributed by atoms with Crippen molar-refractivity contribution in [2.75, 3.05) is 10.2 Å². The van der Waals surface area contributed by atoms with Crippen molar-refractivity contribution in [3.05, 3.63) is 48.0 Å². The summed E-state index contributed by atoms with van der Waals surface area (Å²) in [5.74, 6) is -0.744. The molecule has 3 rings (SSSR count). The molecule has 1 saturated heterocycles. The van der Waals surface area contributed by atoms with Gasteiger partial charge in [0.05, 0.1) is 5.69 Å². The first-order valence-corrected chi connectivity index (χ1v) is 8.66. The standard InChI is InChI=1S/C18H16N2O5S/c1-10-8-13(22)6-7-14(10)19-16(23)9-15-17(24)20(18(25)26-15)11-2-4-12(21)5-3-11/h2-8,15,21-22H,9H2,1H3,(H,19,23). The number of phenolic OH excluding ortho intramolecular Hbond substituents is 2. The second kappa shape index (κ2) is 7.09. The first-order valence-electron chi connectivity index (χ1n) is 7.78. The van der Waals surface area contributed by atoms with Gasteiger partial charge in [-0.05, 0) is 66.7 Å². The van der Waals surface area contributed by atoms with Gasteiger partial charge in [0.2, 0.25) is 11.8 Å². The molecule has 1 unspecified atom stereocenters. The van der Waals surface area contributed by atoms with Gasteiger partial charge in [-0.15, -0.1) is 0 Å². The van der Waals surface area contributed by atoms with Crippen LogP contribution in [-0.2, 0) is 9.59 Å². The van der Waals surface area contributed by atoms with Crippen molar-refractivity contribution >= 4 is 40.2 Å². The van der Waals surface area contributed by atoms with Gasteiger partial charge in [0.15, 0.2) is 0 Å². The minimum Gasteiger partial charge on any atom is -0.508 e. The van der Waals surface area contributed by atoms with E-state index < -0.39 is 22.3 Å². The minimum atomic E-state index is -0.811. The van der Waals surface area contributed by atoms with E-state index in [1.54, 1.807) is 13.0 Å². The Morgan fingerprint density at radius 1 is 1.12 bits per heavy atom. The minimum absolute atomic E-state index is 0.0284. The molecular formula is C18H16N2O5S. The van der Waals surface area contributed by atoms with E-state index in [1.807, 2.05) is 0 Å². The number of aryl methyl sites for hydroxylation is 1. The van der Waals surface area contributed by atoms with E-state index in [9.17, 15) is 24.6 Å². The fraction of sp³-hybridized carbons (Fsp3) is 0.167. The van der Waals surface area contributed by atoms with Crippen LogP contribution in [0.3, 0.4) is 0 Å². The highest BCUT2D eigenvalue weighted by Crippen LogP contribution is 2.34. The molecule has 2 aromatic carbocycles. The van der Waals surface area contributed by atoms with Crippen LogP contribution in [0.2, 0.25) is 0 Å². The molecular weight excluding hydrogens is 356 g/mol. The molecule has 0 radical (unpaired) electrons. The van der Waals surface area contributed by atoms with Crippen LogP contribution in [0.15, 0.2) is 42.5 Å².